The van der Waals surface area contributed by atoms with Crippen molar-refractivity contribution >= 4 is 44.7 Å². The Balaban J connectivity index is 1.86. The Labute approximate surface area is 168 Å². The van der Waals surface area contributed by atoms with Crippen molar-refractivity contribution in [2.24, 2.45) is 7.05 Å². The lowest BCUT2D eigenvalue weighted by molar-refractivity contribution is -0.118. The second-order valence-corrected chi connectivity index (χ2v) is 8.26. The first kappa shape index (κ1) is 18.0. The minimum atomic E-state index is -0.126. The summed E-state index contributed by atoms with van der Waals surface area (Å²) < 4.78 is 7.72. The molecule has 1 amide bonds. The number of thiazole rings is 1. The standard InChI is InChI=1S/C20H17BrN2O3S/c1-22-19-18(27-20(22)25)16(12-4-3-5-13(21)10-12)11-17(24)23(19)14-6-8-15(26-2)9-7-14/h3-10,16H,11H2,1-2H3/t16-/m1/s1. The van der Waals surface area contributed by atoms with E-state index in [0.717, 1.165) is 26.4 Å². The Morgan fingerprint density at radius 3 is 2.56 bits per heavy atom. The molecule has 0 saturated heterocycles. The number of rotatable bonds is 3. The molecule has 1 aliphatic rings. The number of hydrogen-bond donors (Lipinski definition) is 0. The van der Waals surface area contributed by atoms with E-state index in [1.807, 2.05) is 48.5 Å². The third kappa shape index (κ3) is 3.11. The summed E-state index contributed by atoms with van der Waals surface area (Å²) in [6.07, 6.45) is 0.315. The monoisotopic (exact) mass is 444 g/mol. The van der Waals surface area contributed by atoms with Crippen molar-refractivity contribution in [3.63, 3.8) is 0 Å². The van der Waals surface area contributed by atoms with Crippen LogP contribution in [0.15, 0.2) is 57.8 Å². The van der Waals surface area contributed by atoms with Crippen LogP contribution < -0.4 is 14.5 Å². The molecule has 1 aliphatic heterocycles. The van der Waals surface area contributed by atoms with E-state index < -0.39 is 0 Å². The zero-order valence-electron chi connectivity index (χ0n) is 14.8. The van der Waals surface area contributed by atoms with Crippen LogP contribution >= 0.6 is 27.3 Å². The summed E-state index contributed by atoms with van der Waals surface area (Å²) in [7, 11) is 3.31. The van der Waals surface area contributed by atoms with E-state index >= 15 is 0 Å². The van der Waals surface area contributed by atoms with Crippen molar-refractivity contribution in [3.05, 3.63) is 73.1 Å². The van der Waals surface area contributed by atoms with Crippen LogP contribution in [0.25, 0.3) is 0 Å². The van der Waals surface area contributed by atoms with Gasteiger partial charge >= 0.3 is 4.87 Å². The van der Waals surface area contributed by atoms with E-state index in [1.165, 1.54) is 11.3 Å². The summed E-state index contributed by atoms with van der Waals surface area (Å²) in [5.74, 6) is 1.20. The number of ether oxygens (including phenoxy) is 1. The molecule has 0 unspecified atom stereocenters. The maximum Gasteiger partial charge on any atom is 0.308 e. The van der Waals surface area contributed by atoms with Crippen LogP contribution in [0.3, 0.4) is 0 Å². The number of hydrogen-bond acceptors (Lipinski definition) is 4. The third-order valence-electron chi connectivity index (χ3n) is 4.75. The first-order valence-corrected chi connectivity index (χ1v) is 10.0. The average molecular weight is 445 g/mol. The van der Waals surface area contributed by atoms with Gasteiger partial charge in [-0.2, -0.15) is 0 Å². The number of halogens is 1. The summed E-state index contributed by atoms with van der Waals surface area (Å²) in [5.41, 5.74) is 1.75. The molecule has 27 heavy (non-hydrogen) atoms. The molecule has 1 aromatic heterocycles. The molecule has 5 nitrogen and oxygen atoms in total. The van der Waals surface area contributed by atoms with Gasteiger partial charge in [0.25, 0.3) is 0 Å². The molecule has 0 bridgehead atoms. The summed E-state index contributed by atoms with van der Waals surface area (Å²) in [6.45, 7) is 0. The van der Waals surface area contributed by atoms with Gasteiger partial charge in [0.15, 0.2) is 0 Å². The highest BCUT2D eigenvalue weighted by Crippen LogP contribution is 2.44. The fourth-order valence-corrected chi connectivity index (χ4v) is 4.92. The number of amides is 1. The number of nitrogens with zero attached hydrogens (tertiary/aromatic N) is 2. The lowest BCUT2D eigenvalue weighted by atomic mass is 9.90. The maximum absolute atomic E-state index is 13.1. The molecule has 0 spiro atoms. The number of carbonyl (C=O) groups is 1. The Hall–Kier alpha value is -2.38. The normalized spacial score (nSPS) is 16.3. The van der Waals surface area contributed by atoms with Crippen molar-refractivity contribution in [2.75, 3.05) is 12.0 Å². The van der Waals surface area contributed by atoms with Gasteiger partial charge in [-0.05, 0) is 42.0 Å². The summed E-state index contributed by atoms with van der Waals surface area (Å²) in [5, 5.41) is 0. The number of fused-ring (bicyclic) bond motifs is 1. The second kappa shape index (κ2) is 6.98. The van der Waals surface area contributed by atoms with Gasteiger partial charge in [-0.3, -0.25) is 19.1 Å². The molecule has 3 aromatic rings. The van der Waals surface area contributed by atoms with Crippen LogP contribution in [0.5, 0.6) is 5.75 Å². The van der Waals surface area contributed by atoms with Gasteiger partial charge in [-0.1, -0.05) is 39.4 Å². The highest BCUT2D eigenvalue weighted by atomic mass is 79.9. The Morgan fingerprint density at radius 1 is 1.15 bits per heavy atom. The van der Waals surface area contributed by atoms with E-state index in [0.29, 0.717) is 12.2 Å². The van der Waals surface area contributed by atoms with Crippen molar-refractivity contribution < 1.29 is 9.53 Å². The topological polar surface area (TPSA) is 51.5 Å². The SMILES string of the molecule is COc1ccc(N2C(=O)C[C@H](c3cccc(Br)c3)c3sc(=O)n(C)c32)cc1. The summed E-state index contributed by atoms with van der Waals surface area (Å²) in [6, 6.07) is 15.2. The van der Waals surface area contributed by atoms with Gasteiger partial charge < -0.3 is 4.74 Å². The highest BCUT2D eigenvalue weighted by molar-refractivity contribution is 9.10. The van der Waals surface area contributed by atoms with Crippen molar-refractivity contribution in [1.29, 1.82) is 0 Å². The second-order valence-electron chi connectivity index (χ2n) is 6.35. The lowest BCUT2D eigenvalue weighted by Crippen LogP contribution is -2.34. The summed E-state index contributed by atoms with van der Waals surface area (Å²) in [4.78, 5) is 28.0. The van der Waals surface area contributed by atoms with E-state index in [1.54, 1.807) is 23.6 Å². The molecule has 0 radical (unpaired) electrons. The number of benzene rings is 2. The molecule has 0 N–H and O–H groups in total. The van der Waals surface area contributed by atoms with E-state index in [4.69, 9.17) is 4.74 Å². The fourth-order valence-electron chi connectivity index (χ4n) is 3.41. The largest absolute Gasteiger partial charge is 0.497 e. The molecular weight excluding hydrogens is 428 g/mol. The van der Waals surface area contributed by atoms with Crippen LogP contribution in [0.1, 0.15) is 22.8 Å². The smallest absolute Gasteiger partial charge is 0.308 e. The predicted octanol–water partition coefficient (Wildman–Crippen LogP) is 4.42. The Morgan fingerprint density at radius 2 is 1.89 bits per heavy atom. The fraction of sp³-hybridized carbons (Fsp3) is 0.200. The molecule has 2 aromatic carbocycles. The Bertz CT molecular complexity index is 1070. The molecule has 0 aliphatic carbocycles. The molecule has 1 atom stereocenters. The molecular formula is C20H17BrN2O3S. The Kier molecular flexibility index (Phi) is 4.65. The van der Waals surface area contributed by atoms with E-state index in [9.17, 15) is 9.59 Å². The molecule has 7 heteroatoms. The molecule has 2 heterocycles. The molecule has 138 valence electrons. The highest BCUT2D eigenvalue weighted by Gasteiger charge is 2.37. The van der Waals surface area contributed by atoms with Crippen LogP contribution in [-0.2, 0) is 11.8 Å². The van der Waals surface area contributed by atoms with E-state index in [-0.39, 0.29) is 16.7 Å². The molecule has 0 saturated carbocycles. The average Bonchev–Trinajstić information content (AvgIpc) is 2.96. The first-order chi connectivity index (χ1) is 13.0. The van der Waals surface area contributed by atoms with Gasteiger partial charge in [-0.15, -0.1) is 0 Å². The van der Waals surface area contributed by atoms with Crippen molar-refractivity contribution in [1.82, 2.24) is 4.57 Å². The van der Waals surface area contributed by atoms with Gasteiger partial charge in [0.05, 0.1) is 17.7 Å². The van der Waals surface area contributed by atoms with Gasteiger partial charge in [-0.25, -0.2) is 0 Å². The maximum atomic E-state index is 13.1. The predicted molar refractivity (Wildman–Crippen MR) is 110 cm³/mol. The van der Waals surface area contributed by atoms with Gasteiger partial charge in [0.1, 0.15) is 11.6 Å². The van der Waals surface area contributed by atoms with Crippen molar-refractivity contribution in [3.8, 4) is 5.75 Å². The molecule has 4 rings (SSSR count). The first-order valence-electron chi connectivity index (χ1n) is 8.41. The number of anilines is 2. The van der Waals surface area contributed by atoms with Crippen LogP contribution in [-0.4, -0.2) is 17.6 Å². The zero-order valence-corrected chi connectivity index (χ0v) is 17.2. The van der Waals surface area contributed by atoms with Crippen LogP contribution in [0, 0.1) is 0 Å². The lowest BCUT2D eigenvalue weighted by Gasteiger charge is -2.32. The minimum absolute atomic E-state index is 0.0361. The summed E-state index contributed by atoms with van der Waals surface area (Å²) >= 11 is 4.70. The number of methoxy groups -OCH3 is 1. The van der Waals surface area contributed by atoms with Crippen LogP contribution in [0.4, 0.5) is 11.5 Å². The minimum Gasteiger partial charge on any atom is -0.497 e. The van der Waals surface area contributed by atoms with Gasteiger partial charge in [0, 0.05) is 23.9 Å². The molecule has 0 fully saturated rings. The van der Waals surface area contributed by atoms with Gasteiger partial charge in [0.2, 0.25) is 5.91 Å². The van der Waals surface area contributed by atoms with E-state index in [2.05, 4.69) is 15.9 Å². The number of carbonyl (C=O) groups excluding carboxylic acids is 1. The third-order valence-corrected chi connectivity index (χ3v) is 6.38. The van der Waals surface area contributed by atoms with Crippen LogP contribution in [0.2, 0.25) is 0 Å². The van der Waals surface area contributed by atoms with Crippen molar-refractivity contribution in [2.45, 2.75) is 12.3 Å². The zero-order chi connectivity index (χ0) is 19.1. The number of aromatic nitrogens is 1. The quantitative estimate of drug-likeness (QED) is 0.600.